The van der Waals surface area contributed by atoms with Crippen LogP contribution in [0.2, 0.25) is 0 Å². The van der Waals surface area contributed by atoms with Crippen LogP contribution in [0.1, 0.15) is 6.92 Å². The van der Waals surface area contributed by atoms with Gasteiger partial charge in [0.2, 0.25) is 0 Å². The molecule has 0 aromatic heterocycles. The summed E-state index contributed by atoms with van der Waals surface area (Å²) in [6, 6.07) is 0. The van der Waals surface area contributed by atoms with Crippen LogP contribution in [-0.2, 0) is 19.7 Å². The highest BCUT2D eigenvalue weighted by molar-refractivity contribution is 7.87. The number of nitrogens with two attached hydrogens (primary N) is 1. The number of nitrogens with one attached hydrogen (secondary N) is 1. The van der Waals surface area contributed by atoms with E-state index in [-0.39, 0.29) is 31.8 Å². The SMILES string of the molecule is COC(=O)NS(=O)(=O)N1CC(C)OC(CN)C1. The summed E-state index contributed by atoms with van der Waals surface area (Å²) in [7, 11) is -2.80. The van der Waals surface area contributed by atoms with E-state index in [1.165, 1.54) is 0 Å². The van der Waals surface area contributed by atoms with E-state index in [9.17, 15) is 13.2 Å². The van der Waals surface area contributed by atoms with Gasteiger partial charge in [-0.15, -0.1) is 0 Å². The molecule has 2 unspecified atom stereocenters. The zero-order valence-electron chi connectivity index (χ0n) is 9.75. The lowest BCUT2D eigenvalue weighted by atomic mass is 10.2. The molecule has 0 aliphatic carbocycles. The van der Waals surface area contributed by atoms with Crippen molar-refractivity contribution in [2.45, 2.75) is 19.1 Å². The van der Waals surface area contributed by atoms with Crippen molar-refractivity contribution in [2.75, 3.05) is 26.7 Å². The Morgan fingerprint density at radius 3 is 2.76 bits per heavy atom. The molecule has 0 radical (unpaired) electrons. The van der Waals surface area contributed by atoms with Gasteiger partial charge in [0.05, 0.1) is 19.3 Å². The molecule has 1 fully saturated rings. The molecule has 1 heterocycles. The summed E-state index contributed by atoms with van der Waals surface area (Å²) in [5, 5.41) is 0. The number of hydrogen-bond acceptors (Lipinski definition) is 6. The molecule has 1 rings (SSSR count). The number of hydrogen-bond donors (Lipinski definition) is 2. The second-order valence-electron chi connectivity index (χ2n) is 3.72. The molecule has 1 amide bonds. The van der Waals surface area contributed by atoms with Crippen LogP contribution in [0.3, 0.4) is 0 Å². The monoisotopic (exact) mass is 267 g/mol. The van der Waals surface area contributed by atoms with Crippen molar-refractivity contribution in [1.29, 1.82) is 0 Å². The van der Waals surface area contributed by atoms with Gasteiger partial charge in [0, 0.05) is 19.6 Å². The second-order valence-corrected chi connectivity index (χ2v) is 5.39. The van der Waals surface area contributed by atoms with E-state index in [0.29, 0.717) is 0 Å². The smallest absolute Gasteiger partial charge is 0.421 e. The highest BCUT2D eigenvalue weighted by Gasteiger charge is 2.33. The Bertz CT molecular complexity index is 371. The van der Waals surface area contributed by atoms with Crippen LogP contribution in [-0.4, -0.2) is 57.8 Å². The number of carbonyl (C=O) groups is 1. The number of carbonyl (C=O) groups excluding carboxylic acids is 1. The Morgan fingerprint density at radius 1 is 1.59 bits per heavy atom. The van der Waals surface area contributed by atoms with Gasteiger partial charge in [0.15, 0.2) is 0 Å². The molecule has 8 nitrogen and oxygen atoms in total. The maximum Gasteiger partial charge on any atom is 0.421 e. The largest absolute Gasteiger partial charge is 0.452 e. The van der Waals surface area contributed by atoms with Crippen molar-refractivity contribution in [1.82, 2.24) is 9.03 Å². The first-order chi connectivity index (χ1) is 7.89. The lowest BCUT2D eigenvalue weighted by Crippen LogP contribution is -2.55. The lowest BCUT2D eigenvalue weighted by Gasteiger charge is -2.35. The first-order valence-electron chi connectivity index (χ1n) is 5.10. The van der Waals surface area contributed by atoms with Gasteiger partial charge in [0.25, 0.3) is 0 Å². The summed E-state index contributed by atoms with van der Waals surface area (Å²) < 4.78 is 36.1. The maximum atomic E-state index is 11.8. The number of nitrogens with zero attached hydrogens (tertiary/aromatic N) is 1. The van der Waals surface area contributed by atoms with Gasteiger partial charge in [-0.1, -0.05) is 0 Å². The predicted molar refractivity (Wildman–Crippen MR) is 59.4 cm³/mol. The molecule has 0 aromatic rings. The van der Waals surface area contributed by atoms with Gasteiger partial charge in [-0.05, 0) is 6.92 Å². The Balaban J connectivity index is 2.73. The summed E-state index contributed by atoms with van der Waals surface area (Å²) in [4.78, 5) is 10.9. The lowest BCUT2D eigenvalue weighted by molar-refractivity contribution is -0.0488. The van der Waals surface area contributed by atoms with E-state index < -0.39 is 16.3 Å². The number of ether oxygens (including phenoxy) is 2. The fourth-order valence-corrected chi connectivity index (χ4v) is 2.73. The standard InChI is InChI=1S/C8H17N3O5S/c1-6-4-11(5-7(3-9)16-6)17(13,14)10-8(12)15-2/h6-7H,3-5,9H2,1-2H3,(H,10,12). The fraction of sp³-hybridized carbons (Fsp3) is 0.875. The van der Waals surface area contributed by atoms with Crippen LogP contribution >= 0.6 is 0 Å². The molecule has 0 saturated carbocycles. The van der Waals surface area contributed by atoms with Crippen molar-refractivity contribution in [3.05, 3.63) is 0 Å². The molecule has 17 heavy (non-hydrogen) atoms. The highest BCUT2D eigenvalue weighted by atomic mass is 32.2. The zero-order valence-corrected chi connectivity index (χ0v) is 10.6. The van der Waals surface area contributed by atoms with E-state index in [0.717, 1.165) is 11.4 Å². The van der Waals surface area contributed by atoms with E-state index in [4.69, 9.17) is 10.5 Å². The van der Waals surface area contributed by atoms with Crippen LogP contribution in [0.25, 0.3) is 0 Å². The molecular weight excluding hydrogens is 250 g/mol. The van der Waals surface area contributed by atoms with Gasteiger partial charge < -0.3 is 15.2 Å². The van der Waals surface area contributed by atoms with Crippen molar-refractivity contribution >= 4 is 16.3 Å². The minimum absolute atomic E-state index is 0.118. The predicted octanol–water partition coefficient (Wildman–Crippen LogP) is -1.36. The number of methoxy groups -OCH3 is 1. The third-order valence-corrected chi connectivity index (χ3v) is 3.70. The normalized spacial score (nSPS) is 26.5. The molecule has 0 aromatic carbocycles. The Hall–Kier alpha value is -0.900. The average molecular weight is 267 g/mol. The van der Waals surface area contributed by atoms with E-state index >= 15 is 0 Å². The minimum atomic E-state index is -3.90. The molecule has 9 heteroatoms. The van der Waals surface area contributed by atoms with Gasteiger partial charge in [-0.25, -0.2) is 9.52 Å². The quantitative estimate of drug-likeness (QED) is 0.653. The first-order valence-corrected chi connectivity index (χ1v) is 6.54. The molecule has 1 saturated heterocycles. The fourth-order valence-electron chi connectivity index (χ4n) is 1.54. The van der Waals surface area contributed by atoms with Crippen LogP contribution in [0.15, 0.2) is 0 Å². The van der Waals surface area contributed by atoms with Crippen molar-refractivity contribution in [3.63, 3.8) is 0 Å². The summed E-state index contributed by atoms with van der Waals surface area (Å²) in [5.74, 6) is 0. The first kappa shape index (κ1) is 14.2. The molecular formula is C8H17N3O5S. The van der Waals surface area contributed by atoms with Crippen LogP contribution in [0.4, 0.5) is 4.79 Å². The minimum Gasteiger partial charge on any atom is -0.452 e. The molecule has 0 bridgehead atoms. The van der Waals surface area contributed by atoms with E-state index in [1.54, 1.807) is 11.6 Å². The van der Waals surface area contributed by atoms with E-state index in [2.05, 4.69) is 4.74 Å². The van der Waals surface area contributed by atoms with Crippen LogP contribution in [0, 0.1) is 0 Å². The Labute approximate surface area is 100 Å². The van der Waals surface area contributed by atoms with Crippen molar-refractivity contribution in [2.24, 2.45) is 5.73 Å². The van der Waals surface area contributed by atoms with Crippen LogP contribution in [0.5, 0.6) is 0 Å². The molecule has 3 N–H and O–H groups in total. The van der Waals surface area contributed by atoms with Crippen LogP contribution < -0.4 is 10.5 Å². The van der Waals surface area contributed by atoms with E-state index in [1.807, 2.05) is 0 Å². The third-order valence-electron chi connectivity index (χ3n) is 2.29. The average Bonchev–Trinajstić information content (AvgIpc) is 2.27. The number of rotatable bonds is 3. The highest BCUT2D eigenvalue weighted by Crippen LogP contribution is 2.13. The summed E-state index contributed by atoms with van der Waals surface area (Å²) in [6.45, 7) is 2.24. The zero-order chi connectivity index (χ0) is 13.1. The maximum absolute atomic E-state index is 11.8. The van der Waals surface area contributed by atoms with Crippen molar-refractivity contribution in [3.8, 4) is 0 Å². The molecule has 1 aliphatic rings. The summed E-state index contributed by atoms with van der Waals surface area (Å²) in [6.07, 6.45) is -1.66. The molecule has 2 atom stereocenters. The molecule has 1 aliphatic heterocycles. The molecule has 0 spiro atoms. The Morgan fingerprint density at radius 2 is 2.24 bits per heavy atom. The van der Waals surface area contributed by atoms with Gasteiger partial charge >= 0.3 is 16.3 Å². The third kappa shape index (κ3) is 3.80. The number of amides is 1. The second kappa shape index (κ2) is 5.63. The van der Waals surface area contributed by atoms with Gasteiger partial charge in [-0.2, -0.15) is 12.7 Å². The summed E-state index contributed by atoms with van der Waals surface area (Å²) >= 11 is 0. The van der Waals surface area contributed by atoms with Gasteiger partial charge in [-0.3, -0.25) is 0 Å². The number of morpholine rings is 1. The Kier molecular flexibility index (Phi) is 4.69. The molecule has 100 valence electrons. The summed E-state index contributed by atoms with van der Waals surface area (Å²) in [5.41, 5.74) is 5.44. The van der Waals surface area contributed by atoms with Crippen molar-refractivity contribution < 1.29 is 22.7 Å². The van der Waals surface area contributed by atoms with Gasteiger partial charge in [0.1, 0.15) is 0 Å². The topological polar surface area (TPSA) is 111 Å².